The third-order valence-corrected chi connectivity index (χ3v) is 7.12. The summed E-state index contributed by atoms with van der Waals surface area (Å²) in [4.78, 5) is 4.94. The van der Waals surface area contributed by atoms with Gasteiger partial charge in [-0.25, -0.2) is 13.4 Å². The zero-order chi connectivity index (χ0) is 19.7. The molecular formula is C22H20N2O2S2. The Morgan fingerprint density at radius 1 is 1.00 bits per heavy atom. The van der Waals surface area contributed by atoms with Crippen molar-refractivity contribution in [2.24, 2.45) is 0 Å². The van der Waals surface area contributed by atoms with Crippen LogP contribution >= 0.6 is 11.3 Å². The Labute approximate surface area is 168 Å². The van der Waals surface area contributed by atoms with Gasteiger partial charge in [0.1, 0.15) is 5.01 Å². The van der Waals surface area contributed by atoms with Crippen molar-refractivity contribution in [3.05, 3.63) is 77.9 Å². The second-order valence-electron chi connectivity index (χ2n) is 6.62. The summed E-state index contributed by atoms with van der Waals surface area (Å²) in [5, 5.41) is 0.925. The predicted molar refractivity (Wildman–Crippen MR) is 116 cm³/mol. The minimum Gasteiger partial charge on any atom is -0.279 e. The molecular weight excluding hydrogens is 388 g/mol. The molecule has 6 heteroatoms. The molecule has 0 fully saturated rings. The number of para-hydroxylation sites is 1. The number of hydrogen-bond donors (Lipinski definition) is 1. The maximum atomic E-state index is 12.7. The van der Waals surface area contributed by atoms with E-state index < -0.39 is 10.0 Å². The Morgan fingerprint density at radius 3 is 2.43 bits per heavy atom. The van der Waals surface area contributed by atoms with Crippen LogP contribution in [0.3, 0.4) is 0 Å². The Morgan fingerprint density at radius 2 is 1.75 bits per heavy atom. The molecule has 142 valence electrons. The van der Waals surface area contributed by atoms with Crippen LogP contribution in [0.5, 0.6) is 0 Å². The second kappa shape index (κ2) is 7.37. The van der Waals surface area contributed by atoms with Gasteiger partial charge in [-0.1, -0.05) is 31.2 Å². The van der Waals surface area contributed by atoms with Gasteiger partial charge in [0.05, 0.1) is 20.8 Å². The van der Waals surface area contributed by atoms with Gasteiger partial charge in [0.2, 0.25) is 0 Å². The molecule has 28 heavy (non-hydrogen) atoms. The average Bonchev–Trinajstić information content (AvgIpc) is 3.14. The number of aromatic nitrogens is 1. The molecule has 0 amide bonds. The van der Waals surface area contributed by atoms with Gasteiger partial charge in [-0.2, -0.15) is 0 Å². The van der Waals surface area contributed by atoms with Crippen molar-refractivity contribution in [3.8, 4) is 10.6 Å². The molecule has 4 aromatic rings. The Kier molecular flexibility index (Phi) is 4.91. The molecule has 0 saturated heterocycles. The molecule has 0 spiro atoms. The highest BCUT2D eigenvalue weighted by atomic mass is 32.2. The van der Waals surface area contributed by atoms with Crippen LogP contribution < -0.4 is 4.72 Å². The first-order chi connectivity index (χ1) is 13.5. The van der Waals surface area contributed by atoms with E-state index in [2.05, 4.69) is 15.8 Å². The molecule has 4 rings (SSSR count). The van der Waals surface area contributed by atoms with Crippen molar-refractivity contribution < 1.29 is 8.42 Å². The van der Waals surface area contributed by atoms with Gasteiger partial charge >= 0.3 is 0 Å². The summed E-state index contributed by atoms with van der Waals surface area (Å²) >= 11 is 1.63. The molecule has 0 aliphatic heterocycles. The SMILES string of the molecule is CCc1ccc(S(=O)(=O)Nc2ccc(-c3nc4ccccc4s3)cc2C)cc1. The predicted octanol–water partition coefficient (Wildman–Crippen LogP) is 5.63. The van der Waals surface area contributed by atoms with Crippen LogP contribution in [0.2, 0.25) is 0 Å². The summed E-state index contributed by atoms with van der Waals surface area (Å²) < 4.78 is 29.2. The minimum absolute atomic E-state index is 0.263. The van der Waals surface area contributed by atoms with Crippen LogP contribution in [0.25, 0.3) is 20.8 Å². The van der Waals surface area contributed by atoms with Crippen molar-refractivity contribution in [3.63, 3.8) is 0 Å². The van der Waals surface area contributed by atoms with E-state index in [4.69, 9.17) is 0 Å². The van der Waals surface area contributed by atoms with Crippen molar-refractivity contribution in [1.29, 1.82) is 0 Å². The maximum Gasteiger partial charge on any atom is 0.261 e. The standard InChI is InChI=1S/C22H20N2O2S2/c1-3-16-8-11-18(12-9-16)28(25,26)24-19-13-10-17(14-15(19)2)22-23-20-6-4-5-7-21(20)27-22/h4-14,24H,3H2,1-2H3. The fourth-order valence-electron chi connectivity index (χ4n) is 3.01. The van der Waals surface area contributed by atoms with Gasteiger partial charge in [0.15, 0.2) is 0 Å². The smallest absolute Gasteiger partial charge is 0.261 e. The first-order valence-corrected chi connectivity index (χ1v) is 11.3. The summed E-state index contributed by atoms with van der Waals surface area (Å²) in [5.74, 6) is 0. The van der Waals surface area contributed by atoms with Gasteiger partial charge in [0.25, 0.3) is 10.0 Å². The van der Waals surface area contributed by atoms with E-state index >= 15 is 0 Å². The van der Waals surface area contributed by atoms with Crippen LogP contribution in [0.4, 0.5) is 5.69 Å². The van der Waals surface area contributed by atoms with Gasteiger partial charge in [0, 0.05) is 5.56 Å². The molecule has 0 bridgehead atoms. The van der Waals surface area contributed by atoms with Crippen LogP contribution in [-0.4, -0.2) is 13.4 Å². The fraction of sp³-hybridized carbons (Fsp3) is 0.136. The molecule has 0 unspecified atom stereocenters. The van der Waals surface area contributed by atoms with Gasteiger partial charge < -0.3 is 0 Å². The van der Waals surface area contributed by atoms with Gasteiger partial charge in [-0.15, -0.1) is 11.3 Å². The molecule has 4 nitrogen and oxygen atoms in total. The minimum atomic E-state index is -3.62. The molecule has 1 N–H and O–H groups in total. The molecule has 0 saturated carbocycles. The highest BCUT2D eigenvalue weighted by molar-refractivity contribution is 7.92. The Hall–Kier alpha value is -2.70. The third-order valence-electron chi connectivity index (χ3n) is 4.65. The summed E-state index contributed by atoms with van der Waals surface area (Å²) in [6, 6.07) is 20.7. The number of rotatable bonds is 5. The molecule has 0 aliphatic carbocycles. The normalized spacial score (nSPS) is 11.6. The average molecular weight is 409 g/mol. The molecule has 1 heterocycles. The van der Waals surface area contributed by atoms with E-state index in [1.54, 1.807) is 29.5 Å². The molecule has 0 aliphatic rings. The number of hydrogen-bond acceptors (Lipinski definition) is 4. The molecule has 0 atom stereocenters. The lowest BCUT2D eigenvalue weighted by atomic mass is 10.1. The number of aryl methyl sites for hydroxylation is 2. The summed E-state index contributed by atoms with van der Waals surface area (Å²) in [7, 11) is -3.62. The van der Waals surface area contributed by atoms with E-state index in [9.17, 15) is 8.42 Å². The summed E-state index contributed by atoms with van der Waals surface area (Å²) in [5.41, 5.74) is 4.49. The van der Waals surface area contributed by atoms with Crippen molar-refractivity contribution in [1.82, 2.24) is 4.98 Å². The first kappa shape index (κ1) is 18.7. The van der Waals surface area contributed by atoms with E-state index in [1.807, 2.05) is 56.3 Å². The summed E-state index contributed by atoms with van der Waals surface area (Å²) in [6.45, 7) is 3.94. The lowest BCUT2D eigenvalue weighted by molar-refractivity contribution is 0.601. The Balaban J connectivity index is 1.62. The number of thiazole rings is 1. The number of nitrogens with one attached hydrogen (secondary N) is 1. The lowest BCUT2D eigenvalue weighted by Gasteiger charge is -2.12. The number of nitrogens with zero attached hydrogens (tertiary/aromatic N) is 1. The van der Waals surface area contributed by atoms with Crippen molar-refractivity contribution >= 4 is 37.3 Å². The number of anilines is 1. The van der Waals surface area contributed by atoms with Crippen molar-refractivity contribution in [2.45, 2.75) is 25.2 Å². The highest BCUT2D eigenvalue weighted by Gasteiger charge is 2.16. The van der Waals surface area contributed by atoms with Crippen LogP contribution in [0.1, 0.15) is 18.1 Å². The highest BCUT2D eigenvalue weighted by Crippen LogP contribution is 2.32. The van der Waals surface area contributed by atoms with Gasteiger partial charge in [-0.3, -0.25) is 4.72 Å². The molecule has 1 aromatic heterocycles. The van der Waals surface area contributed by atoms with Crippen molar-refractivity contribution in [2.75, 3.05) is 4.72 Å². The van der Waals surface area contributed by atoms with Crippen LogP contribution in [0.15, 0.2) is 71.6 Å². The van der Waals surface area contributed by atoms with Crippen LogP contribution in [-0.2, 0) is 16.4 Å². The third kappa shape index (κ3) is 3.66. The fourth-order valence-corrected chi connectivity index (χ4v) is 5.11. The van der Waals surface area contributed by atoms with E-state index in [0.29, 0.717) is 5.69 Å². The zero-order valence-electron chi connectivity index (χ0n) is 15.6. The number of benzene rings is 3. The molecule has 0 radical (unpaired) electrons. The van der Waals surface area contributed by atoms with Crippen LogP contribution in [0, 0.1) is 6.92 Å². The topological polar surface area (TPSA) is 59.1 Å². The lowest BCUT2D eigenvalue weighted by Crippen LogP contribution is -2.13. The maximum absolute atomic E-state index is 12.7. The quantitative estimate of drug-likeness (QED) is 0.465. The summed E-state index contributed by atoms with van der Waals surface area (Å²) in [6.07, 6.45) is 0.875. The first-order valence-electron chi connectivity index (χ1n) is 9.04. The van der Waals surface area contributed by atoms with E-state index in [1.165, 1.54) is 0 Å². The van der Waals surface area contributed by atoms with E-state index in [0.717, 1.165) is 38.3 Å². The van der Waals surface area contributed by atoms with E-state index in [-0.39, 0.29) is 4.90 Å². The Bertz CT molecular complexity index is 1210. The largest absolute Gasteiger partial charge is 0.279 e. The second-order valence-corrected chi connectivity index (χ2v) is 9.33. The monoisotopic (exact) mass is 408 g/mol. The molecule has 3 aromatic carbocycles. The number of sulfonamides is 1. The number of fused-ring (bicyclic) bond motifs is 1. The zero-order valence-corrected chi connectivity index (χ0v) is 17.3. The van der Waals surface area contributed by atoms with Gasteiger partial charge in [-0.05, 0) is 66.9 Å².